The molecule has 1 aromatic carbocycles. The van der Waals surface area contributed by atoms with Crippen LogP contribution in [0.3, 0.4) is 0 Å². The van der Waals surface area contributed by atoms with Crippen molar-refractivity contribution in [3.8, 4) is 5.69 Å². The van der Waals surface area contributed by atoms with Gasteiger partial charge in [-0.15, -0.1) is 0 Å². The van der Waals surface area contributed by atoms with Crippen molar-refractivity contribution in [1.82, 2.24) is 14.7 Å². The molecule has 0 atom stereocenters. The van der Waals surface area contributed by atoms with Gasteiger partial charge in [0.05, 0.1) is 29.7 Å². The fourth-order valence-corrected chi connectivity index (χ4v) is 1.92. The average Bonchev–Trinajstić information content (AvgIpc) is 2.81. The Labute approximate surface area is 116 Å². The van der Waals surface area contributed by atoms with Crippen LogP contribution in [0.4, 0.5) is 4.39 Å². The highest BCUT2D eigenvalue weighted by molar-refractivity contribution is 5.95. The van der Waals surface area contributed by atoms with Crippen LogP contribution < -0.4 is 0 Å². The van der Waals surface area contributed by atoms with E-state index in [9.17, 15) is 9.18 Å². The fourth-order valence-electron chi connectivity index (χ4n) is 1.92. The lowest BCUT2D eigenvalue weighted by atomic mass is 10.2. The molecule has 2 rings (SSSR count). The van der Waals surface area contributed by atoms with Gasteiger partial charge in [0.15, 0.2) is 0 Å². The summed E-state index contributed by atoms with van der Waals surface area (Å²) in [6.07, 6.45) is 1.48. The summed E-state index contributed by atoms with van der Waals surface area (Å²) in [5.74, 6) is -0.526. The molecule has 0 spiro atoms. The first-order valence-electron chi connectivity index (χ1n) is 6.21. The lowest BCUT2D eigenvalue weighted by molar-refractivity contribution is 0.0766. The molecule has 0 fully saturated rings. The number of aliphatic hydroxyl groups is 1. The van der Waals surface area contributed by atoms with Crippen molar-refractivity contribution in [1.29, 1.82) is 0 Å². The van der Waals surface area contributed by atoms with E-state index in [4.69, 9.17) is 5.11 Å². The minimum Gasteiger partial charge on any atom is -0.395 e. The van der Waals surface area contributed by atoms with Crippen LogP contribution in [-0.2, 0) is 0 Å². The zero-order valence-electron chi connectivity index (χ0n) is 11.4. The predicted molar refractivity (Wildman–Crippen MR) is 72.3 cm³/mol. The normalized spacial score (nSPS) is 10.6. The van der Waals surface area contributed by atoms with Gasteiger partial charge in [-0.25, -0.2) is 9.07 Å². The van der Waals surface area contributed by atoms with Gasteiger partial charge in [0, 0.05) is 13.6 Å². The Bertz CT molecular complexity index is 607. The number of carbonyl (C=O) groups excluding carboxylic acids is 1. The first kappa shape index (κ1) is 14.2. The number of hydrogen-bond donors (Lipinski definition) is 1. The molecule has 0 saturated carbocycles. The van der Waals surface area contributed by atoms with E-state index >= 15 is 0 Å². The summed E-state index contributed by atoms with van der Waals surface area (Å²) >= 11 is 0. The molecular formula is C14H16FN3O2. The third-order valence-corrected chi connectivity index (χ3v) is 3.09. The highest BCUT2D eigenvalue weighted by atomic mass is 19.1. The van der Waals surface area contributed by atoms with Crippen LogP contribution in [0.25, 0.3) is 5.69 Å². The van der Waals surface area contributed by atoms with Gasteiger partial charge in [0.1, 0.15) is 5.82 Å². The number of likely N-dealkylation sites (N-methyl/N-ethyl adjacent to an activating group) is 1. The Hall–Kier alpha value is -2.21. The van der Waals surface area contributed by atoms with Crippen LogP contribution in [0.1, 0.15) is 16.1 Å². The van der Waals surface area contributed by atoms with Gasteiger partial charge in [-0.3, -0.25) is 4.79 Å². The molecule has 20 heavy (non-hydrogen) atoms. The van der Waals surface area contributed by atoms with Gasteiger partial charge >= 0.3 is 0 Å². The summed E-state index contributed by atoms with van der Waals surface area (Å²) < 4.78 is 14.5. The lowest BCUT2D eigenvalue weighted by Gasteiger charge is -2.15. The van der Waals surface area contributed by atoms with E-state index in [-0.39, 0.29) is 24.9 Å². The van der Waals surface area contributed by atoms with Crippen molar-refractivity contribution in [2.75, 3.05) is 20.2 Å². The molecule has 1 amide bonds. The van der Waals surface area contributed by atoms with Crippen LogP contribution in [0.15, 0.2) is 30.5 Å². The van der Waals surface area contributed by atoms with Crippen molar-refractivity contribution in [3.63, 3.8) is 0 Å². The van der Waals surface area contributed by atoms with Crippen LogP contribution in [0.5, 0.6) is 0 Å². The summed E-state index contributed by atoms with van der Waals surface area (Å²) in [5.41, 5.74) is 1.82. The second-order valence-corrected chi connectivity index (χ2v) is 4.48. The maximum atomic E-state index is 12.9. The lowest BCUT2D eigenvalue weighted by Crippen LogP contribution is -2.29. The minimum atomic E-state index is -0.322. The summed E-state index contributed by atoms with van der Waals surface area (Å²) in [6, 6.07) is 5.88. The molecule has 6 heteroatoms. The molecule has 106 valence electrons. The van der Waals surface area contributed by atoms with Gasteiger partial charge in [0.2, 0.25) is 0 Å². The predicted octanol–water partition coefficient (Wildman–Crippen LogP) is 1.38. The van der Waals surface area contributed by atoms with E-state index < -0.39 is 0 Å². The Morgan fingerprint density at radius 2 is 2.05 bits per heavy atom. The van der Waals surface area contributed by atoms with E-state index in [1.165, 1.54) is 23.2 Å². The van der Waals surface area contributed by atoms with Gasteiger partial charge in [-0.1, -0.05) is 0 Å². The first-order chi connectivity index (χ1) is 9.54. The average molecular weight is 277 g/mol. The maximum Gasteiger partial charge on any atom is 0.257 e. The molecule has 0 bridgehead atoms. The van der Waals surface area contributed by atoms with Crippen LogP contribution in [-0.4, -0.2) is 45.9 Å². The zero-order chi connectivity index (χ0) is 14.7. The molecule has 0 saturated heterocycles. The Morgan fingerprint density at radius 3 is 2.65 bits per heavy atom. The molecule has 0 aliphatic heterocycles. The van der Waals surface area contributed by atoms with Crippen LogP contribution in [0, 0.1) is 12.7 Å². The summed E-state index contributed by atoms with van der Waals surface area (Å²) in [4.78, 5) is 13.6. The molecule has 0 aliphatic rings. The molecule has 1 aromatic heterocycles. The number of carbonyl (C=O) groups is 1. The smallest absolute Gasteiger partial charge is 0.257 e. The number of hydrogen-bond acceptors (Lipinski definition) is 3. The number of benzene rings is 1. The molecule has 0 radical (unpaired) electrons. The fraction of sp³-hybridized carbons (Fsp3) is 0.286. The van der Waals surface area contributed by atoms with Crippen LogP contribution in [0.2, 0.25) is 0 Å². The van der Waals surface area contributed by atoms with Gasteiger partial charge in [0.25, 0.3) is 5.91 Å². The van der Waals surface area contributed by atoms with E-state index in [0.29, 0.717) is 16.9 Å². The molecule has 0 unspecified atom stereocenters. The van der Waals surface area contributed by atoms with Crippen molar-refractivity contribution < 1.29 is 14.3 Å². The highest BCUT2D eigenvalue weighted by Gasteiger charge is 2.18. The number of amides is 1. The number of aliphatic hydroxyl groups excluding tert-OH is 1. The summed E-state index contributed by atoms with van der Waals surface area (Å²) in [6.45, 7) is 1.95. The van der Waals surface area contributed by atoms with E-state index in [1.54, 1.807) is 30.8 Å². The topological polar surface area (TPSA) is 58.4 Å². The SMILES string of the molecule is Cc1c(C(=O)N(C)CCO)cnn1-c1ccc(F)cc1. The van der Waals surface area contributed by atoms with Crippen molar-refractivity contribution in [2.45, 2.75) is 6.92 Å². The molecule has 5 nitrogen and oxygen atoms in total. The van der Waals surface area contributed by atoms with Gasteiger partial charge in [-0.2, -0.15) is 5.10 Å². The van der Waals surface area contributed by atoms with Crippen molar-refractivity contribution >= 4 is 5.91 Å². The third kappa shape index (κ3) is 2.70. The number of rotatable bonds is 4. The monoisotopic (exact) mass is 277 g/mol. The number of halogens is 1. The van der Waals surface area contributed by atoms with Crippen LogP contribution >= 0.6 is 0 Å². The summed E-state index contributed by atoms with van der Waals surface area (Å²) in [7, 11) is 1.62. The zero-order valence-corrected chi connectivity index (χ0v) is 11.4. The Kier molecular flexibility index (Phi) is 4.14. The van der Waals surface area contributed by atoms with E-state index in [2.05, 4.69) is 5.10 Å². The van der Waals surface area contributed by atoms with Gasteiger partial charge < -0.3 is 10.0 Å². The third-order valence-electron chi connectivity index (χ3n) is 3.09. The molecule has 2 aromatic rings. The van der Waals surface area contributed by atoms with E-state index in [0.717, 1.165) is 0 Å². The quantitative estimate of drug-likeness (QED) is 0.918. The summed E-state index contributed by atoms with van der Waals surface area (Å²) in [5, 5.41) is 13.0. The van der Waals surface area contributed by atoms with Crippen molar-refractivity contribution in [2.24, 2.45) is 0 Å². The van der Waals surface area contributed by atoms with Gasteiger partial charge in [-0.05, 0) is 31.2 Å². The van der Waals surface area contributed by atoms with Crippen molar-refractivity contribution in [3.05, 3.63) is 47.5 Å². The largest absolute Gasteiger partial charge is 0.395 e. The molecule has 0 aliphatic carbocycles. The number of nitrogens with zero attached hydrogens (tertiary/aromatic N) is 3. The molecular weight excluding hydrogens is 261 g/mol. The second kappa shape index (κ2) is 5.83. The standard InChI is InChI=1S/C14H16FN3O2/c1-10-13(14(20)17(2)7-8-19)9-16-18(10)12-5-3-11(15)4-6-12/h3-6,9,19H,7-8H2,1-2H3. The Balaban J connectivity index is 2.31. The minimum absolute atomic E-state index is 0.0899. The Morgan fingerprint density at radius 1 is 1.40 bits per heavy atom. The molecule has 1 heterocycles. The first-order valence-corrected chi connectivity index (χ1v) is 6.21. The maximum absolute atomic E-state index is 12.9. The second-order valence-electron chi connectivity index (χ2n) is 4.48. The number of aromatic nitrogens is 2. The van der Waals surface area contributed by atoms with E-state index in [1.807, 2.05) is 0 Å². The highest BCUT2D eigenvalue weighted by Crippen LogP contribution is 2.15. The molecule has 1 N–H and O–H groups in total.